The number of hydrogen-bond donors (Lipinski definition) is 2. The number of para-hydroxylation sites is 1. The molecule has 0 bridgehead atoms. The number of rotatable bonds is 5. The van der Waals surface area contributed by atoms with Crippen LogP contribution in [0.2, 0.25) is 0 Å². The van der Waals surface area contributed by atoms with E-state index < -0.39 is 5.97 Å². The van der Waals surface area contributed by atoms with Crippen LogP contribution in [0.5, 0.6) is 0 Å². The number of carbonyl (C=O) groups is 1. The highest BCUT2D eigenvalue weighted by molar-refractivity contribution is 5.85. The molecule has 0 fully saturated rings. The molecule has 2 N–H and O–H groups in total. The standard InChI is InChI=1S/C14H15NO2/c1-10(14(16)17)5-4-6-11-9-15-13-8-3-2-7-12(11)13/h2-3,7-9,15H,1,4-6H2,(H,16,17). The van der Waals surface area contributed by atoms with Gasteiger partial charge in [0.25, 0.3) is 0 Å². The average molecular weight is 229 g/mol. The largest absolute Gasteiger partial charge is 0.478 e. The SMILES string of the molecule is C=C(CCCc1c[nH]c2ccccc12)C(=O)O. The maximum Gasteiger partial charge on any atom is 0.330 e. The molecular formula is C14H15NO2. The Bertz CT molecular complexity index is 554. The van der Waals surface area contributed by atoms with Gasteiger partial charge in [0.15, 0.2) is 0 Å². The fourth-order valence-electron chi connectivity index (χ4n) is 1.94. The summed E-state index contributed by atoms with van der Waals surface area (Å²) in [5.74, 6) is -0.899. The highest BCUT2D eigenvalue weighted by Crippen LogP contribution is 2.20. The molecule has 0 atom stereocenters. The zero-order chi connectivity index (χ0) is 12.3. The summed E-state index contributed by atoms with van der Waals surface area (Å²) < 4.78 is 0. The first kappa shape index (κ1) is 11.5. The summed E-state index contributed by atoms with van der Waals surface area (Å²) in [5, 5.41) is 9.92. The molecule has 17 heavy (non-hydrogen) atoms. The monoisotopic (exact) mass is 229 g/mol. The van der Waals surface area contributed by atoms with Crippen molar-refractivity contribution in [2.75, 3.05) is 0 Å². The predicted molar refractivity (Wildman–Crippen MR) is 68.0 cm³/mol. The second-order valence-electron chi connectivity index (χ2n) is 4.12. The van der Waals surface area contributed by atoms with Gasteiger partial charge in [-0.05, 0) is 30.9 Å². The zero-order valence-electron chi connectivity index (χ0n) is 9.57. The molecule has 0 radical (unpaired) electrons. The Morgan fingerprint density at radius 1 is 1.35 bits per heavy atom. The Morgan fingerprint density at radius 3 is 2.88 bits per heavy atom. The molecule has 0 spiro atoms. The van der Waals surface area contributed by atoms with Crippen molar-refractivity contribution in [2.45, 2.75) is 19.3 Å². The number of benzene rings is 1. The fraction of sp³-hybridized carbons (Fsp3) is 0.214. The van der Waals surface area contributed by atoms with Crippen LogP contribution in [0.1, 0.15) is 18.4 Å². The molecule has 0 saturated heterocycles. The lowest BCUT2D eigenvalue weighted by Gasteiger charge is -2.00. The van der Waals surface area contributed by atoms with Gasteiger partial charge < -0.3 is 10.1 Å². The van der Waals surface area contributed by atoms with Gasteiger partial charge in [-0.3, -0.25) is 0 Å². The maximum atomic E-state index is 10.6. The number of aromatic amines is 1. The minimum absolute atomic E-state index is 0.282. The third kappa shape index (κ3) is 2.56. The number of aliphatic carboxylic acids is 1. The van der Waals surface area contributed by atoms with E-state index >= 15 is 0 Å². The molecule has 1 heterocycles. The van der Waals surface area contributed by atoms with E-state index in [-0.39, 0.29) is 5.57 Å². The molecule has 3 nitrogen and oxygen atoms in total. The molecule has 1 aromatic heterocycles. The summed E-state index contributed by atoms with van der Waals surface area (Å²) in [4.78, 5) is 13.8. The third-order valence-electron chi connectivity index (χ3n) is 2.90. The Morgan fingerprint density at radius 2 is 2.12 bits per heavy atom. The number of aryl methyl sites for hydroxylation is 1. The first-order chi connectivity index (χ1) is 8.18. The lowest BCUT2D eigenvalue weighted by molar-refractivity contribution is -0.132. The molecule has 1 aromatic carbocycles. The number of hydrogen-bond acceptors (Lipinski definition) is 1. The summed E-state index contributed by atoms with van der Waals surface area (Å²) in [7, 11) is 0. The summed E-state index contributed by atoms with van der Waals surface area (Å²) in [6, 6.07) is 8.12. The molecule has 0 unspecified atom stereocenters. The lowest BCUT2D eigenvalue weighted by atomic mass is 10.0. The number of fused-ring (bicyclic) bond motifs is 1. The van der Waals surface area contributed by atoms with Crippen molar-refractivity contribution in [3.8, 4) is 0 Å². The Kier molecular flexibility index (Phi) is 3.28. The average Bonchev–Trinajstić information content (AvgIpc) is 2.72. The van der Waals surface area contributed by atoms with Gasteiger partial charge in [-0.25, -0.2) is 4.79 Å². The van der Waals surface area contributed by atoms with Crippen LogP contribution in [-0.2, 0) is 11.2 Å². The van der Waals surface area contributed by atoms with E-state index in [9.17, 15) is 4.79 Å². The van der Waals surface area contributed by atoms with Crippen LogP contribution in [0, 0.1) is 0 Å². The number of aromatic nitrogens is 1. The van der Waals surface area contributed by atoms with Crippen molar-refractivity contribution >= 4 is 16.9 Å². The Balaban J connectivity index is 2.00. The van der Waals surface area contributed by atoms with Gasteiger partial charge in [0.05, 0.1) is 0 Å². The van der Waals surface area contributed by atoms with E-state index in [4.69, 9.17) is 5.11 Å². The van der Waals surface area contributed by atoms with Crippen LogP contribution < -0.4 is 0 Å². The van der Waals surface area contributed by atoms with Gasteiger partial charge >= 0.3 is 5.97 Å². The van der Waals surface area contributed by atoms with Crippen LogP contribution in [0.25, 0.3) is 10.9 Å². The van der Waals surface area contributed by atoms with E-state index in [1.165, 1.54) is 10.9 Å². The number of nitrogens with one attached hydrogen (secondary N) is 1. The summed E-state index contributed by atoms with van der Waals surface area (Å²) in [6.45, 7) is 3.53. The van der Waals surface area contributed by atoms with Crippen LogP contribution in [0.15, 0.2) is 42.6 Å². The maximum absolute atomic E-state index is 10.6. The molecule has 0 saturated carbocycles. The minimum Gasteiger partial charge on any atom is -0.478 e. The highest BCUT2D eigenvalue weighted by atomic mass is 16.4. The summed E-state index contributed by atoms with van der Waals surface area (Å²) in [6.07, 6.45) is 4.21. The van der Waals surface area contributed by atoms with E-state index in [0.717, 1.165) is 18.4 Å². The Labute approximate surface area is 99.8 Å². The number of carboxylic acid groups (broad SMARTS) is 1. The minimum atomic E-state index is -0.899. The highest BCUT2D eigenvalue weighted by Gasteiger charge is 2.06. The number of carboxylic acids is 1. The summed E-state index contributed by atoms with van der Waals surface area (Å²) in [5.41, 5.74) is 2.64. The van der Waals surface area contributed by atoms with Crippen molar-refractivity contribution in [2.24, 2.45) is 0 Å². The first-order valence-electron chi connectivity index (χ1n) is 5.64. The van der Waals surface area contributed by atoms with Crippen molar-refractivity contribution < 1.29 is 9.90 Å². The van der Waals surface area contributed by atoms with Crippen molar-refractivity contribution in [3.05, 3.63) is 48.2 Å². The molecule has 2 aromatic rings. The van der Waals surface area contributed by atoms with Gasteiger partial charge in [0.1, 0.15) is 0 Å². The fourth-order valence-corrected chi connectivity index (χ4v) is 1.94. The third-order valence-corrected chi connectivity index (χ3v) is 2.90. The Hall–Kier alpha value is -2.03. The molecule has 88 valence electrons. The van der Waals surface area contributed by atoms with Crippen molar-refractivity contribution in [3.63, 3.8) is 0 Å². The van der Waals surface area contributed by atoms with E-state index in [2.05, 4.69) is 17.6 Å². The molecule has 2 rings (SSSR count). The quantitative estimate of drug-likeness (QED) is 0.774. The second kappa shape index (κ2) is 4.87. The van der Waals surface area contributed by atoms with Crippen molar-refractivity contribution in [1.29, 1.82) is 0 Å². The zero-order valence-corrected chi connectivity index (χ0v) is 9.57. The van der Waals surface area contributed by atoms with Gasteiger partial charge in [0, 0.05) is 22.7 Å². The normalized spacial score (nSPS) is 10.6. The van der Waals surface area contributed by atoms with Gasteiger partial charge in [-0.2, -0.15) is 0 Å². The predicted octanol–water partition coefficient (Wildman–Crippen LogP) is 3.13. The lowest BCUT2D eigenvalue weighted by Crippen LogP contribution is -1.99. The first-order valence-corrected chi connectivity index (χ1v) is 5.64. The van der Waals surface area contributed by atoms with Crippen molar-refractivity contribution in [1.82, 2.24) is 4.98 Å². The molecule has 3 heteroatoms. The molecule has 0 aliphatic heterocycles. The van der Waals surface area contributed by atoms with Crippen LogP contribution in [0.4, 0.5) is 0 Å². The topological polar surface area (TPSA) is 53.1 Å². The van der Waals surface area contributed by atoms with Gasteiger partial charge in [-0.1, -0.05) is 24.8 Å². The van der Waals surface area contributed by atoms with Gasteiger partial charge in [0.2, 0.25) is 0 Å². The van der Waals surface area contributed by atoms with E-state index in [0.29, 0.717) is 6.42 Å². The van der Waals surface area contributed by atoms with E-state index in [1.54, 1.807) is 0 Å². The molecule has 0 amide bonds. The van der Waals surface area contributed by atoms with E-state index in [1.807, 2.05) is 24.4 Å². The van der Waals surface area contributed by atoms with Crippen LogP contribution >= 0.6 is 0 Å². The smallest absolute Gasteiger partial charge is 0.330 e. The van der Waals surface area contributed by atoms with Gasteiger partial charge in [-0.15, -0.1) is 0 Å². The summed E-state index contributed by atoms with van der Waals surface area (Å²) >= 11 is 0. The molecule has 0 aliphatic carbocycles. The molecule has 0 aliphatic rings. The van der Waals surface area contributed by atoms with Crippen LogP contribution in [0.3, 0.4) is 0 Å². The number of H-pyrrole nitrogens is 1. The molecular weight excluding hydrogens is 214 g/mol. The second-order valence-corrected chi connectivity index (χ2v) is 4.12. The van der Waals surface area contributed by atoms with Crippen LogP contribution in [-0.4, -0.2) is 16.1 Å².